The smallest absolute Gasteiger partial charge is 0.282 e. The van der Waals surface area contributed by atoms with Gasteiger partial charge in [-0.2, -0.15) is 0 Å². The van der Waals surface area contributed by atoms with Crippen LogP contribution < -0.4 is 11.1 Å². The number of fused-ring (bicyclic) bond motifs is 3. The van der Waals surface area contributed by atoms with E-state index < -0.39 is 19.0 Å². The fraction of sp³-hybridized carbons (Fsp3) is 0.440. The minimum Gasteiger partial charge on any atom is -0.401 e. The van der Waals surface area contributed by atoms with Crippen molar-refractivity contribution >= 4 is 33.5 Å². The van der Waals surface area contributed by atoms with E-state index in [1.807, 2.05) is 20.0 Å². The van der Waals surface area contributed by atoms with Crippen LogP contribution in [0.4, 0.5) is 8.78 Å². The maximum absolute atomic E-state index is 13.3. The number of nitrogens with zero attached hydrogens (tertiary/aromatic N) is 3. The molecule has 9 heteroatoms. The summed E-state index contributed by atoms with van der Waals surface area (Å²) in [5, 5.41) is 3.99. The second-order valence-electron chi connectivity index (χ2n) is 9.32. The van der Waals surface area contributed by atoms with Crippen molar-refractivity contribution in [2.45, 2.75) is 32.2 Å². The fourth-order valence-corrected chi connectivity index (χ4v) is 5.02. The van der Waals surface area contributed by atoms with Crippen LogP contribution in [0.15, 0.2) is 36.2 Å². The molecule has 3 aromatic rings. The summed E-state index contributed by atoms with van der Waals surface area (Å²) in [5.74, 6) is -2.71. The van der Waals surface area contributed by atoms with Crippen molar-refractivity contribution in [1.29, 1.82) is 0 Å². The molecule has 0 bridgehead atoms. The van der Waals surface area contributed by atoms with E-state index in [9.17, 15) is 13.6 Å². The summed E-state index contributed by atoms with van der Waals surface area (Å²) >= 11 is 0. The van der Waals surface area contributed by atoms with E-state index >= 15 is 0 Å². The molecule has 0 spiro atoms. The highest BCUT2D eigenvalue weighted by Gasteiger charge is 2.46. The molecule has 0 atom stereocenters. The average Bonchev–Trinajstić information content (AvgIpc) is 3.10. The third-order valence-electron chi connectivity index (χ3n) is 6.79. The third kappa shape index (κ3) is 3.98. The van der Waals surface area contributed by atoms with E-state index in [4.69, 9.17) is 15.5 Å². The topological polar surface area (TPSA) is 85.4 Å². The lowest BCUT2D eigenvalue weighted by atomic mass is 10.00. The molecule has 1 amide bonds. The van der Waals surface area contributed by atoms with E-state index in [0.717, 1.165) is 65.8 Å². The van der Waals surface area contributed by atoms with E-state index in [2.05, 4.69) is 16.0 Å². The van der Waals surface area contributed by atoms with Gasteiger partial charge in [-0.25, -0.2) is 8.78 Å². The Morgan fingerprint density at radius 3 is 2.59 bits per heavy atom. The number of hydrogen-bond donors (Lipinski definition) is 2. The third-order valence-corrected chi connectivity index (χ3v) is 6.79. The van der Waals surface area contributed by atoms with Gasteiger partial charge in [0, 0.05) is 55.2 Å². The minimum atomic E-state index is -2.79. The van der Waals surface area contributed by atoms with Gasteiger partial charge in [0.2, 0.25) is 0 Å². The van der Waals surface area contributed by atoms with Gasteiger partial charge in [-0.15, -0.1) is 0 Å². The van der Waals surface area contributed by atoms with E-state index in [1.165, 1.54) is 4.90 Å². The Morgan fingerprint density at radius 2 is 1.94 bits per heavy atom. The zero-order valence-corrected chi connectivity index (χ0v) is 19.4. The molecule has 2 aliphatic heterocycles. The summed E-state index contributed by atoms with van der Waals surface area (Å²) < 4.78 is 34.4. The van der Waals surface area contributed by atoms with Crippen LogP contribution in [-0.2, 0) is 11.3 Å². The van der Waals surface area contributed by atoms with Crippen LogP contribution in [0, 0.1) is 5.92 Å². The number of aromatic nitrogens is 2. The average molecular weight is 470 g/mol. The number of halogens is 2. The molecule has 2 fully saturated rings. The number of benzene rings is 1. The zero-order chi connectivity index (χ0) is 24.0. The van der Waals surface area contributed by atoms with Crippen molar-refractivity contribution in [3.8, 4) is 0 Å². The van der Waals surface area contributed by atoms with Gasteiger partial charge in [0.15, 0.2) is 0 Å². The van der Waals surface area contributed by atoms with Gasteiger partial charge in [0.05, 0.1) is 35.3 Å². The molecular weight excluding hydrogens is 440 g/mol. The fourth-order valence-electron chi connectivity index (χ4n) is 5.02. The maximum atomic E-state index is 13.3. The van der Waals surface area contributed by atoms with Crippen LogP contribution in [0.3, 0.4) is 0 Å². The second kappa shape index (κ2) is 8.54. The van der Waals surface area contributed by atoms with E-state index in [1.54, 1.807) is 18.3 Å². The van der Waals surface area contributed by atoms with Gasteiger partial charge in [0.1, 0.15) is 0 Å². The number of carbonyl (C=O) groups excluding carboxylic acids is 1. The predicted molar refractivity (Wildman–Crippen MR) is 127 cm³/mol. The largest absolute Gasteiger partial charge is 0.401 e. The quantitative estimate of drug-likeness (QED) is 0.597. The van der Waals surface area contributed by atoms with Crippen molar-refractivity contribution in [3.63, 3.8) is 0 Å². The zero-order valence-electron chi connectivity index (χ0n) is 19.4. The van der Waals surface area contributed by atoms with Crippen molar-refractivity contribution in [2.75, 3.05) is 33.4 Å². The molecule has 2 aromatic heterocycles. The first-order valence-electron chi connectivity index (χ1n) is 11.6. The minimum absolute atomic E-state index is 0.381. The molecule has 0 aliphatic carbocycles. The first-order chi connectivity index (χ1) is 16.3. The molecular formula is C25H29F2N5O2. The Bertz CT molecular complexity index is 1280. The molecule has 0 radical (unpaired) electrons. The van der Waals surface area contributed by atoms with Crippen molar-refractivity contribution in [3.05, 3.63) is 47.3 Å². The number of rotatable bonds is 5. The van der Waals surface area contributed by atoms with E-state index in [-0.39, 0.29) is 5.91 Å². The standard InChI is InChI=1S/C25H29F2N5O2/c1-15(28)22(29-2)18-10-21-23(30-11-18)19-9-17(24(33)31-13-25(26,27)14-31)3-4-20(19)32(21)12-16-5-7-34-8-6-16/h3-4,9-11,16,29H,5-8,12-14,28H2,1-2H3/b22-15-. The molecule has 2 saturated heterocycles. The number of ether oxygens (including phenoxy) is 1. The lowest BCUT2D eigenvalue weighted by Gasteiger charge is -2.38. The van der Waals surface area contributed by atoms with Crippen molar-refractivity contribution in [1.82, 2.24) is 19.8 Å². The summed E-state index contributed by atoms with van der Waals surface area (Å²) in [4.78, 5) is 18.7. The van der Waals surface area contributed by atoms with Crippen LogP contribution in [0.2, 0.25) is 0 Å². The summed E-state index contributed by atoms with van der Waals surface area (Å²) in [5.41, 5.74) is 11.5. The Labute approximate surface area is 196 Å². The summed E-state index contributed by atoms with van der Waals surface area (Å²) in [7, 11) is 1.82. The lowest BCUT2D eigenvalue weighted by molar-refractivity contribution is -0.113. The van der Waals surface area contributed by atoms with Gasteiger partial charge in [-0.1, -0.05) is 0 Å². The highest BCUT2D eigenvalue weighted by atomic mass is 19.3. The number of hydrogen-bond acceptors (Lipinski definition) is 5. The SMILES string of the molecule is CN/C(=C(/C)N)c1cnc2c3cc(C(=O)N4CC(F)(F)C4)ccc3n(CC3CCOCC3)c2c1. The van der Waals surface area contributed by atoms with Crippen LogP contribution in [-0.4, -0.2) is 59.6 Å². The number of amides is 1. The van der Waals surface area contributed by atoms with Crippen LogP contribution >= 0.6 is 0 Å². The number of nitrogens with two attached hydrogens (primary N) is 1. The van der Waals surface area contributed by atoms with E-state index in [0.29, 0.717) is 17.2 Å². The molecule has 34 heavy (non-hydrogen) atoms. The van der Waals surface area contributed by atoms with Crippen molar-refractivity contribution in [2.24, 2.45) is 11.7 Å². The normalized spacial score (nSPS) is 19.2. The Balaban J connectivity index is 1.62. The summed E-state index contributed by atoms with van der Waals surface area (Å²) in [6.07, 6.45) is 3.74. The van der Waals surface area contributed by atoms with Crippen LogP contribution in [0.25, 0.3) is 27.6 Å². The number of pyridine rings is 1. The Morgan fingerprint density at radius 1 is 1.21 bits per heavy atom. The number of likely N-dealkylation sites (tertiary alicyclic amines) is 1. The molecule has 3 N–H and O–H groups in total. The molecule has 5 rings (SSSR count). The predicted octanol–water partition coefficient (Wildman–Crippen LogP) is 3.57. The summed E-state index contributed by atoms with van der Waals surface area (Å²) in [6.45, 7) is 3.08. The molecule has 7 nitrogen and oxygen atoms in total. The van der Waals surface area contributed by atoms with Crippen LogP contribution in [0.1, 0.15) is 35.7 Å². The number of nitrogens with one attached hydrogen (secondary N) is 1. The molecule has 0 saturated carbocycles. The number of allylic oxidation sites excluding steroid dienone is 1. The van der Waals surface area contributed by atoms with Crippen molar-refractivity contribution < 1.29 is 18.3 Å². The number of alkyl halides is 2. The van der Waals surface area contributed by atoms with Gasteiger partial charge < -0.3 is 25.3 Å². The monoisotopic (exact) mass is 469 g/mol. The second-order valence-corrected chi connectivity index (χ2v) is 9.32. The van der Waals surface area contributed by atoms with Gasteiger partial charge in [-0.3, -0.25) is 9.78 Å². The Hall–Kier alpha value is -3.20. The molecule has 4 heterocycles. The highest BCUT2D eigenvalue weighted by molar-refractivity contribution is 6.09. The molecule has 0 unspecified atom stereocenters. The van der Waals surface area contributed by atoms with Gasteiger partial charge in [-0.05, 0) is 49.9 Å². The first kappa shape index (κ1) is 22.6. The molecule has 1 aromatic carbocycles. The highest BCUT2D eigenvalue weighted by Crippen LogP contribution is 2.34. The van der Waals surface area contributed by atoms with Crippen LogP contribution in [0.5, 0.6) is 0 Å². The lowest BCUT2D eigenvalue weighted by Crippen LogP contribution is -2.58. The number of carbonyl (C=O) groups is 1. The maximum Gasteiger partial charge on any atom is 0.282 e. The van der Waals surface area contributed by atoms with Gasteiger partial charge in [0.25, 0.3) is 11.8 Å². The molecule has 180 valence electrons. The van der Waals surface area contributed by atoms with Gasteiger partial charge >= 0.3 is 0 Å². The molecule has 2 aliphatic rings. The summed E-state index contributed by atoms with van der Waals surface area (Å²) in [6, 6.07) is 7.49. The first-order valence-corrected chi connectivity index (χ1v) is 11.6. The Kier molecular flexibility index (Phi) is 5.67.